The molecule has 2 aromatic rings. The summed E-state index contributed by atoms with van der Waals surface area (Å²) in [6.07, 6.45) is 4.58. The van der Waals surface area contributed by atoms with Gasteiger partial charge >= 0.3 is 0 Å². The largest absolute Gasteiger partial charge is 0.467 e. The molecule has 1 aromatic carbocycles. The van der Waals surface area contributed by atoms with Crippen LogP contribution in [0, 0.1) is 0 Å². The van der Waals surface area contributed by atoms with Crippen LogP contribution in [0.4, 0.5) is 5.69 Å². The predicted octanol–water partition coefficient (Wildman–Crippen LogP) is 2.62. The Morgan fingerprint density at radius 1 is 1.17 bits per heavy atom. The molecule has 0 radical (unpaired) electrons. The van der Waals surface area contributed by atoms with Crippen molar-refractivity contribution in [1.29, 1.82) is 0 Å². The number of anilines is 1. The molecule has 0 aliphatic carbocycles. The lowest BCUT2D eigenvalue weighted by atomic mass is 10.1. The number of benzene rings is 1. The molecule has 0 unspecified atom stereocenters. The van der Waals surface area contributed by atoms with Gasteiger partial charge in [0, 0.05) is 13.1 Å². The van der Waals surface area contributed by atoms with Crippen LogP contribution in [0.1, 0.15) is 45.7 Å². The zero-order valence-electron chi connectivity index (χ0n) is 13.5. The maximum Gasteiger partial charge on any atom is 0.258 e. The standard InChI is InChI=1S/C18H21N3O3/c19-11-14-10-13(12-24-14)17(22)20-16-7-3-2-6-15(16)18(23)21-8-4-1-5-9-21/h2-3,6-7,10,12H,1,4-5,8-9,11,19H2,(H,20,22). The Morgan fingerprint density at radius 3 is 2.62 bits per heavy atom. The highest BCUT2D eigenvalue weighted by molar-refractivity contribution is 6.08. The van der Waals surface area contributed by atoms with Gasteiger partial charge in [-0.15, -0.1) is 0 Å². The van der Waals surface area contributed by atoms with Crippen molar-refractivity contribution in [3.05, 3.63) is 53.5 Å². The number of carbonyl (C=O) groups excluding carboxylic acids is 2. The van der Waals surface area contributed by atoms with Gasteiger partial charge in [0.15, 0.2) is 0 Å². The van der Waals surface area contributed by atoms with Crippen molar-refractivity contribution < 1.29 is 14.0 Å². The van der Waals surface area contributed by atoms with Crippen molar-refractivity contribution in [1.82, 2.24) is 4.90 Å². The molecule has 1 fully saturated rings. The normalized spacial score (nSPS) is 14.5. The minimum Gasteiger partial charge on any atom is -0.467 e. The SMILES string of the molecule is NCc1cc(C(=O)Nc2ccccc2C(=O)N2CCCCC2)co1. The Balaban J connectivity index is 1.78. The van der Waals surface area contributed by atoms with E-state index in [4.69, 9.17) is 10.2 Å². The van der Waals surface area contributed by atoms with Crippen LogP contribution in [0.3, 0.4) is 0 Å². The number of hydrogen-bond acceptors (Lipinski definition) is 4. The Bertz CT molecular complexity index is 733. The summed E-state index contributed by atoms with van der Waals surface area (Å²) in [4.78, 5) is 26.9. The molecule has 24 heavy (non-hydrogen) atoms. The van der Waals surface area contributed by atoms with Gasteiger partial charge in [0.25, 0.3) is 11.8 Å². The molecule has 6 heteroatoms. The average Bonchev–Trinajstić information content (AvgIpc) is 3.12. The van der Waals surface area contributed by atoms with Gasteiger partial charge in [-0.3, -0.25) is 9.59 Å². The van der Waals surface area contributed by atoms with Gasteiger partial charge in [-0.25, -0.2) is 0 Å². The van der Waals surface area contributed by atoms with E-state index in [1.807, 2.05) is 4.90 Å². The second kappa shape index (κ2) is 7.31. The third-order valence-electron chi connectivity index (χ3n) is 4.17. The summed E-state index contributed by atoms with van der Waals surface area (Å²) in [5.41, 5.74) is 6.89. The van der Waals surface area contributed by atoms with Crippen LogP contribution in [0.15, 0.2) is 41.0 Å². The first-order valence-electron chi connectivity index (χ1n) is 8.16. The van der Waals surface area contributed by atoms with E-state index in [0.29, 0.717) is 22.6 Å². The fraction of sp³-hybridized carbons (Fsp3) is 0.333. The molecule has 126 valence electrons. The fourth-order valence-electron chi connectivity index (χ4n) is 2.85. The van der Waals surface area contributed by atoms with Crippen LogP contribution in [0.5, 0.6) is 0 Å². The lowest BCUT2D eigenvalue weighted by molar-refractivity contribution is 0.0725. The van der Waals surface area contributed by atoms with Gasteiger partial charge < -0.3 is 20.4 Å². The summed E-state index contributed by atoms with van der Waals surface area (Å²) < 4.78 is 5.18. The van der Waals surface area contributed by atoms with E-state index in [9.17, 15) is 9.59 Å². The van der Waals surface area contributed by atoms with Crippen molar-refractivity contribution in [2.45, 2.75) is 25.8 Å². The fourth-order valence-corrected chi connectivity index (χ4v) is 2.85. The van der Waals surface area contributed by atoms with E-state index in [2.05, 4.69) is 5.32 Å². The second-order valence-corrected chi connectivity index (χ2v) is 5.86. The maximum atomic E-state index is 12.7. The van der Waals surface area contributed by atoms with Crippen LogP contribution in [0.25, 0.3) is 0 Å². The molecule has 0 atom stereocenters. The van der Waals surface area contributed by atoms with E-state index in [1.165, 1.54) is 6.26 Å². The number of carbonyl (C=O) groups is 2. The smallest absolute Gasteiger partial charge is 0.258 e. The molecule has 0 spiro atoms. The van der Waals surface area contributed by atoms with Crippen molar-refractivity contribution in [3.8, 4) is 0 Å². The van der Waals surface area contributed by atoms with Gasteiger partial charge in [0.05, 0.1) is 23.4 Å². The van der Waals surface area contributed by atoms with E-state index >= 15 is 0 Å². The molecule has 1 saturated heterocycles. The zero-order valence-corrected chi connectivity index (χ0v) is 13.5. The minimum atomic E-state index is -0.322. The number of hydrogen-bond donors (Lipinski definition) is 2. The first-order valence-corrected chi connectivity index (χ1v) is 8.16. The van der Waals surface area contributed by atoms with E-state index < -0.39 is 0 Å². The molecule has 2 heterocycles. The minimum absolute atomic E-state index is 0.0413. The van der Waals surface area contributed by atoms with Crippen LogP contribution in [-0.2, 0) is 6.54 Å². The summed E-state index contributed by atoms with van der Waals surface area (Å²) in [5, 5.41) is 2.80. The highest BCUT2D eigenvalue weighted by Crippen LogP contribution is 2.21. The van der Waals surface area contributed by atoms with Gasteiger partial charge in [0.2, 0.25) is 0 Å². The molecular weight excluding hydrogens is 306 g/mol. The number of furan rings is 1. The molecular formula is C18H21N3O3. The lowest BCUT2D eigenvalue weighted by Crippen LogP contribution is -2.36. The average molecular weight is 327 g/mol. The van der Waals surface area contributed by atoms with Gasteiger partial charge in [-0.05, 0) is 37.5 Å². The van der Waals surface area contributed by atoms with Gasteiger partial charge in [0.1, 0.15) is 12.0 Å². The number of amides is 2. The third-order valence-corrected chi connectivity index (χ3v) is 4.17. The summed E-state index contributed by atoms with van der Waals surface area (Å²) >= 11 is 0. The Labute approximate surface area is 140 Å². The van der Waals surface area contributed by atoms with Gasteiger partial charge in [-0.1, -0.05) is 12.1 Å². The van der Waals surface area contributed by atoms with Crippen molar-refractivity contribution in [2.24, 2.45) is 5.73 Å². The third kappa shape index (κ3) is 3.49. The first kappa shape index (κ1) is 16.3. The zero-order chi connectivity index (χ0) is 16.9. The highest BCUT2D eigenvalue weighted by atomic mass is 16.3. The van der Waals surface area contributed by atoms with Crippen LogP contribution >= 0.6 is 0 Å². The molecule has 0 bridgehead atoms. The van der Waals surface area contributed by atoms with Crippen molar-refractivity contribution in [3.63, 3.8) is 0 Å². The van der Waals surface area contributed by atoms with Crippen LogP contribution < -0.4 is 11.1 Å². The predicted molar refractivity (Wildman–Crippen MR) is 90.7 cm³/mol. The topological polar surface area (TPSA) is 88.6 Å². The number of nitrogens with zero attached hydrogens (tertiary/aromatic N) is 1. The molecule has 3 rings (SSSR count). The lowest BCUT2D eigenvalue weighted by Gasteiger charge is -2.27. The Morgan fingerprint density at radius 2 is 1.92 bits per heavy atom. The monoisotopic (exact) mass is 327 g/mol. The molecule has 6 nitrogen and oxygen atoms in total. The van der Waals surface area contributed by atoms with Gasteiger partial charge in [-0.2, -0.15) is 0 Å². The quantitative estimate of drug-likeness (QED) is 0.903. The Kier molecular flexibility index (Phi) is 4.96. The maximum absolute atomic E-state index is 12.7. The summed E-state index contributed by atoms with van der Waals surface area (Å²) in [5.74, 6) is 0.176. The molecule has 3 N–H and O–H groups in total. The molecule has 1 aromatic heterocycles. The molecule has 0 saturated carbocycles. The molecule has 2 amide bonds. The summed E-state index contributed by atoms with van der Waals surface area (Å²) in [6, 6.07) is 8.68. The first-order chi connectivity index (χ1) is 11.7. The number of nitrogens with one attached hydrogen (secondary N) is 1. The van der Waals surface area contributed by atoms with E-state index in [0.717, 1.165) is 32.4 Å². The van der Waals surface area contributed by atoms with Crippen molar-refractivity contribution >= 4 is 17.5 Å². The van der Waals surface area contributed by atoms with Crippen molar-refractivity contribution in [2.75, 3.05) is 18.4 Å². The Hall–Kier alpha value is -2.60. The van der Waals surface area contributed by atoms with Crippen LogP contribution in [-0.4, -0.2) is 29.8 Å². The second-order valence-electron chi connectivity index (χ2n) is 5.86. The summed E-state index contributed by atoms with van der Waals surface area (Å²) in [6.45, 7) is 1.77. The number of nitrogens with two attached hydrogens (primary N) is 1. The molecule has 1 aliphatic heterocycles. The molecule has 1 aliphatic rings. The number of rotatable bonds is 4. The number of piperidine rings is 1. The highest BCUT2D eigenvalue weighted by Gasteiger charge is 2.21. The van der Waals surface area contributed by atoms with E-state index in [1.54, 1.807) is 30.3 Å². The number of likely N-dealkylation sites (tertiary alicyclic amines) is 1. The van der Waals surface area contributed by atoms with E-state index in [-0.39, 0.29) is 18.4 Å². The van der Waals surface area contributed by atoms with Crippen LogP contribution in [0.2, 0.25) is 0 Å². The number of para-hydroxylation sites is 1. The summed E-state index contributed by atoms with van der Waals surface area (Å²) in [7, 11) is 0.